The average molecular weight is 302 g/mol. The molecule has 0 atom stereocenters. The van der Waals surface area contributed by atoms with E-state index in [1.54, 1.807) is 10.9 Å². The number of benzene rings is 1. The molecular weight excluding hydrogens is 286 g/mol. The standard InChI is InChI=1S/C16H16ClN3O/c1-20-16(18)15(11-4-6-12(17)7-5-11)14(19-20)9-8-13-3-2-10-21-13/h2-7,10H,8-9,18H2,1H3. The molecule has 0 radical (unpaired) electrons. The molecule has 1 aromatic carbocycles. The van der Waals surface area contributed by atoms with Crippen LogP contribution in [-0.4, -0.2) is 9.78 Å². The van der Waals surface area contributed by atoms with Crippen molar-refractivity contribution in [2.24, 2.45) is 7.05 Å². The van der Waals surface area contributed by atoms with Gasteiger partial charge in [-0.2, -0.15) is 5.10 Å². The van der Waals surface area contributed by atoms with Crippen LogP contribution in [0.15, 0.2) is 47.1 Å². The molecule has 5 heteroatoms. The molecule has 108 valence electrons. The maximum atomic E-state index is 6.17. The zero-order chi connectivity index (χ0) is 14.8. The number of furan rings is 1. The lowest BCUT2D eigenvalue weighted by molar-refractivity contribution is 0.507. The fourth-order valence-corrected chi connectivity index (χ4v) is 2.52. The first kappa shape index (κ1) is 13.8. The highest BCUT2D eigenvalue weighted by molar-refractivity contribution is 6.30. The lowest BCUT2D eigenvalue weighted by atomic mass is 10.0. The fraction of sp³-hybridized carbons (Fsp3) is 0.188. The van der Waals surface area contributed by atoms with Crippen molar-refractivity contribution < 1.29 is 4.42 Å². The van der Waals surface area contributed by atoms with Gasteiger partial charge in [0.05, 0.1) is 12.0 Å². The molecule has 3 rings (SSSR count). The molecule has 0 unspecified atom stereocenters. The van der Waals surface area contributed by atoms with E-state index in [1.807, 2.05) is 43.4 Å². The highest BCUT2D eigenvalue weighted by Crippen LogP contribution is 2.31. The van der Waals surface area contributed by atoms with Crippen LogP contribution < -0.4 is 5.73 Å². The Bertz CT molecular complexity index is 730. The topological polar surface area (TPSA) is 57.0 Å². The van der Waals surface area contributed by atoms with Gasteiger partial charge < -0.3 is 10.2 Å². The summed E-state index contributed by atoms with van der Waals surface area (Å²) in [5.41, 5.74) is 9.13. The monoisotopic (exact) mass is 301 g/mol. The Morgan fingerprint density at radius 1 is 1.19 bits per heavy atom. The summed E-state index contributed by atoms with van der Waals surface area (Å²) < 4.78 is 7.08. The van der Waals surface area contributed by atoms with E-state index in [0.717, 1.165) is 35.4 Å². The Morgan fingerprint density at radius 3 is 2.62 bits per heavy atom. The van der Waals surface area contributed by atoms with Gasteiger partial charge in [0, 0.05) is 24.1 Å². The quantitative estimate of drug-likeness (QED) is 0.799. The average Bonchev–Trinajstić information content (AvgIpc) is 3.08. The van der Waals surface area contributed by atoms with Crippen molar-refractivity contribution in [2.75, 3.05) is 5.73 Å². The highest BCUT2D eigenvalue weighted by atomic mass is 35.5. The number of nitrogens with zero attached hydrogens (tertiary/aromatic N) is 2. The molecule has 0 amide bonds. The number of nitrogen functional groups attached to an aromatic ring is 1. The summed E-state index contributed by atoms with van der Waals surface area (Å²) in [5.74, 6) is 1.60. The summed E-state index contributed by atoms with van der Waals surface area (Å²) >= 11 is 5.95. The summed E-state index contributed by atoms with van der Waals surface area (Å²) in [7, 11) is 1.85. The summed E-state index contributed by atoms with van der Waals surface area (Å²) in [6, 6.07) is 11.5. The van der Waals surface area contributed by atoms with Gasteiger partial charge >= 0.3 is 0 Å². The minimum Gasteiger partial charge on any atom is -0.469 e. The molecule has 21 heavy (non-hydrogen) atoms. The Hall–Kier alpha value is -2.20. The van der Waals surface area contributed by atoms with Crippen molar-refractivity contribution in [3.63, 3.8) is 0 Å². The Labute approximate surface area is 128 Å². The fourth-order valence-electron chi connectivity index (χ4n) is 2.40. The van der Waals surface area contributed by atoms with E-state index < -0.39 is 0 Å². The summed E-state index contributed by atoms with van der Waals surface area (Å²) in [6.45, 7) is 0. The van der Waals surface area contributed by atoms with Crippen LogP contribution in [0, 0.1) is 0 Å². The van der Waals surface area contributed by atoms with Crippen molar-refractivity contribution in [2.45, 2.75) is 12.8 Å². The molecule has 0 saturated carbocycles. The smallest absolute Gasteiger partial charge is 0.129 e. The van der Waals surface area contributed by atoms with E-state index in [-0.39, 0.29) is 0 Å². The molecule has 0 fully saturated rings. The number of hydrogen-bond donors (Lipinski definition) is 1. The van der Waals surface area contributed by atoms with Crippen molar-refractivity contribution in [1.82, 2.24) is 9.78 Å². The molecule has 0 aliphatic carbocycles. The molecule has 2 heterocycles. The zero-order valence-corrected chi connectivity index (χ0v) is 12.5. The van der Waals surface area contributed by atoms with Crippen LogP contribution in [-0.2, 0) is 19.9 Å². The van der Waals surface area contributed by atoms with Gasteiger partial charge in [-0.3, -0.25) is 4.68 Å². The molecule has 2 N–H and O–H groups in total. The molecule has 0 bridgehead atoms. The zero-order valence-electron chi connectivity index (χ0n) is 11.7. The van der Waals surface area contributed by atoms with Gasteiger partial charge in [-0.15, -0.1) is 0 Å². The highest BCUT2D eigenvalue weighted by Gasteiger charge is 2.16. The van der Waals surface area contributed by atoms with Crippen LogP contribution in [0.1, 0.15) is 11.5 Å². The minimum absolute atomic E-state index is 0.659. The third-order valence-corrected chi connectivity index (χ3v) is 3.74. The van der Waals surface area contributed by atoms with Crippen LogP contribution in [0.2, 0.25) is 5.02 Å². The second-order valence-electron chi connectivity index (χ2n) is 4.92. The van der Waals surface area contributed by atoms with Gasteiger partial charge in [-0.25, -0.2) is 0 Å². The van der Waals surface area contributed by atoms with Gasteiger partial charge in [-0.05, 0) is 36.2 Å². The third kappa shape index (κ3) is 2.81. The molecule has 0 aliphatic heterocycles. The van der Waals surface area contributed by atoms with Crippen molar-refractivity contribution in [3.8, 4) is 11.1 Å². The molecule has 4 nitrogen and oxygen atoms in total. The van der Waals surface area contributed by atoms with Crippen LogP contribution in [0.3, 0.4) is 0 Å². The molecule has 2 aromatic heterocycles. The first-order valence-corrected chi connectivity index (χ1v) is 7.12. The van der Waals surface area contributed by atoms with Crippen molar-refractivity contribution >= 4 is 17.4 Å². The van der Waals surface area contributed by atoms with Gasteiger partial charge in [0.25, 0.3) is 0 Å². The van der Waals surface area contributed by atoms with E-state index in [4.69, 9.17) is 21.8 Å². The first-order valence-electron chi connectivity index (χ1n) is 6.75. The Balaban J connectivity index is 1.93. The van der Waals surface area contributed by atoms with Crippen molar-refractivity contribution in [3.05, 3.63) is 59.1 Å². The van der Waals surface area contributed by atoms with E-state index in [9.17, 15) is 0 Å². The second-order valence-corrected chi connectivity index (χ2v) is 5.35. The molecule has 0 aliphatic rings. The van der Waals surface area contributed by atoms with Crippen LogP contribution in [0.4, 0.5) is 5.82 Å². The maximum absolute atomic E-state index is 6.17. The second kappa shape index (κ2) is 5.66. The summed E-state index contributed by atoms with van der Waals surface area (Å²) in [6.07, 6.45) is 3.25. The van der Waals surface area contributed by atoms with E-state index >= 15 is 0 Å². The number of aromatic nitrogens is 2. The largest absolute Gasteiger partial charge is 0.469 e. The van der Waals surface area contributed by atoms with Crippen LogP contribution in [0.5, 0.6) is 0 Å². The molecule has 3 aromatic rings. The number of rotatable bonds is 4. The third-order valence-electron chi connectivity index (χ3n) is 3.49. The van der Waals surface area contributed by atoms with E-state index in [0.29, 0.717) is 10.8 Å². The summed E-state index contributed by atoms with van der Waals surface area (Å²) in [5, 5.41) is 5.23. The predicted molar refractivity (Wildman–Crippen MR) is 84.2 cm³/mol. The van der Waals surface area contributed by atoms with Gasteiger partial charge in [-0.1, -0.05) is 23.7 Å². The number of nitrogens with two attached hydrogens (primary N) is 1. The molecule has 0 spiro atoms. The maximum Gasteiger partial charge on any atom is 0.129 e. The molecule has 0 saturated heterocycles. The molecular formula is C16H16ClN3O. The van der Waals surface area contributed by atoms with Gasteiger partial charge in [0.1, 0.15) is 11.6 Å². The van der Waals surface area contributed by atoms with Gasteiger partial charge in [0.2, 0.25) is 0 Å². The minimum atomic E-state index is 0.659. The van der Waals surface area contributed by atoms with Gasteiger partial charge in [0.15, 0.2) is 0 Å². The Morgan fingerprint density at radius 2 is 1.95 bits per heavy atom. The number of halogens is 1. The van der Waals surface area contributed by atoms with Crippen LogP contribution >= 0.6 is 11.6 Å². The number of hydrogen-bond acceptors (Lipinski definition) is 3. The Kier molecular flexibility index (Phi) is 3.71. The lowest BCUT2D eigenvalue weighted by Gasteiger charge is -2.04. The van der Waals surface area contributed by atoms with E-state index in [1.165, 1.54) is 0 Å². The normalized spacial score (nSPS) is 11.0. The predicted octanol–water partition coefficient (Wildman–Crippen LogP) is 3.70. The number of anilines is 1. The van der Waals surface area contributed by atoms with E-state index in [2.05, 4.69) is 5.10 Å². The first-order chi connectivity index (χ1) is 10.1. The lowest BCUT2D eigenvalue weighted by Crippen LogP contribution is -1.98. The number of aryl methyl sites for hydroxylation is 3. The summed E-state index contributed by atoms with van der Waals surface area (Å²) in [4.78, 5) is 0. The SMILES string of the molecule is Cn1nc(CCc2ccco2)c(-c2ccc(Cl)cc2)c1N. The van der Waals surface area contributed by atoms with Crippen molar-refractivity contribution in [1.29, 1.82) is 0 Å². The van der Waals surface area contributed by atoms with Crippen LogP contribution in [0.25, 0.3) is 11.1 Å².